The molecule has 21 heavy (non-hydrogen) atoms. The van der Waals surface area contributed by atoms with Gasteiger partial charge in [-0.1, -0.05) is 6.08 Å². The average Bonchev–Trinajstić information content (AvgIpc) is 2.54. The largest absolute Gasteiger partial charge is 0.466 e. The van der Waals surface area contributed by atoms with Crippen molar-refractivity contribution in [2.24, 2.45) is 0 Å². The summed E-state index contributed by atoms with van der Waals surface area (Å²) < 4.78 is 9.10. The fourth-order valence-electron chi connectivity index (χ4n) is 2.36. The van der Waals surface area contributed by atoms with Gasteiger partial charge in [-0.3, -0.25) is 0 Å². The highest BCUT2D eigenvalue weighted by Gasteiger charge is 2.16. The number of aliphatic hydroxyl groups is 1. The summed E-state index contributed by atoms with van der Waals surface area (Å²) >= 11 is 0. The number of rotatable bonds is 2. The molecule has 0 aromatic heterocycles. The van der Waals surface area contributed by atoms with Crippen molar-refractivity contribution in [1.82, 2.24) is 0 Å². The van der Waals surface area contributed by atoms with E-state index in [1.54, 1.807) is 6.08 Å². The molecule has 0 saturated carbocycles. The molecule has 0 aromatic rings. The minimum Gasteiger partial charge on any atom is -0.466 e. The van der Waals surface area contributed by atoms with Gasteiger partial charge in [0.25, 0.3) is 0 Å². The molecule has 5 heteroatoms. The van der Waals surface area contributed by atoms with Crippen LogP contribution in [0.1, 0.15) is 44.9 Å². The summed E-state index contributed by atoms with van der Waals surface area (Å²) in [5.41, 5.74) is 1.46. The van der Waals surface area contributed by atoms with E-state index in [0.29, 0.717) is 5.57 Å². The first-order chi connectivity index (χ1) is 10.1. The summed E-state index contributed by atoms with van der Waals surface area (Å²) in [6, 6.07) is 0. The molecule has 0 radical (unpaired) electrons. The lowest BCUT2D eigenvalue weighted by Gasteiger charge is -2.14. The Hall–Kier alpha value is -1.62. The molecule has 0 fully saturated rings. The Kier molecular flexibility index (Phi) is 7.75. The van der Waals surface area contributed by atoms with Gasteiger partial charge in [-0.2, -0.15) is 0 Å². The van der Waals surface area contributed by atoms with Crippen LogP contribution in [0.15, 0.2) is 23.3 Å². The zero-order valence-corrected chi connectivity index (χ0v) is 12.8. The van der Waals surface area contributed by atoms with Crippen molar-refractivity contribution in [3.05, 3.63) is 23.3 Å². The number of methoxy groups -OCH3 is 2. The van der Waals surface area contributed by atoms with E-state index in [2.05, 4.69) is 9.47 Å². The van der Waals surface area contributed by atoms with Crippen molar-refractivity contribution in [2.45, 2.75) is 51.0 Å². The third-order valence-corrected chi connectivity index (χ3v) is 3.53. The molecule has 1 unspecified atom stereocenters. The maximum Gasteiger partial charge on any atom is 0.333 e. The fourth-order valence-corrected chi connectivity index (χ4v) is 2.36. The molecular formula is C16H24O5. The van der Waals surface area contributed by atoms with Crippen molar-refractivity contribution in [2.75, 3.05) is 14.2 Å². The highest BCUT2D eigenvalue weighted by molar-refractivity contribution is 5.88. The molecule has 0 saturated heterocycles. The number of ether oxygens (including phenoxy) is 2. The predicted octanol–water partition coefficient (Wildman–Crippen LogP) is 2.29. The third-order valence-electron chi connectivity index (χ3n) is 3.53. The number of carbonyl (C=O) groups is 2. The fraction of sp³-hybridized carbons (Fsp3) is 0.625. The lowest BCUT2D eigenvalue weighted by Crippen LogP contribution is -2.15. The Labute approximate surface area is 125 Å². The molecule has 0 bridgehead atoms. The lowest BCUT2D eigenvalue weighted by molar-refractivity contribution is -0.137. The van der Waals surface area contributed by atoms with Crippen LogP contribution >= 0.6 is 0 Å². The molecule has 0 heterocycles. The van der Waals surface area contributed by atoms with Gasteiger partial charge in [-0.05, 0) is 51.0 Å². The molecule has 5 nitrogen and oxygen atoms in total. The van der Waals surface area contributed by atoms with Gasteiger partial charge in [0.2, 0.25) is 0 Å². The van der Waals surface area contributed by atoms with Crippen molar-refractivity contribution < 1.29 is 24.2 Å². The van der Waals surface area contributed by atoms with Crippen LogP contribution in [0.4, 0.5) is 0 Å². The zero-order valence-electron chi connectivity index (χ0n) is 12.8. The molecule has 2 aliphatic carbocycles. The number of hydrogen-bond donors (Lipinski definition) is 1. The second-order valence-corrected chi connectivity index (χ2v) is 5.11. The molecule has 118 valence electrons. The molecule has 2 aliphatic rings. The second-order valence-electron chi connectivity index (χ2n) is 5.11. The number of hydrogen-bond acceptors (Lipinski definition) is 5. The SMILES string of the molecule is COC(=O)C1=CC(O)CCC1.COC(=O)C1=CCCCC1. The number of allylic oxidation sites excluding steroid dienone is 1. The minimum absolute atomic E-state index is 0.153. The maximum atomic E-state index is 10.9. The summed E-state index contributed by atoms with van der Waals surface area (Å²) in [6.07, 6.45) is 9.70. The molecule has 0 spiro atoms. The molecule has 0 amide bonds. The van der Waals surface area contributed by atoms with Crippen LogP contribution in [0.25, 0.3) is 0 Å². The van der Waals surface area contributed by atoms with Crippen LogP contribution in [-0.2, 0) is 19.1 Å². The molecule has 1 N–H and O–H groups in total. The van der Waals surface area contributed by atoms with Gasteiger partial charge in [0, 0.05) is 11.1 Å². The molecule has 2 rings (SSSR count). The summed E-state index contributed by atoms with van der Waals surface area (Å²) in [7, 11) is 2.78. The van der Waals surface area contributed by atoms with Gasteiger partial charge in [0.05, 0.1) is 20.3 Å². The van der Waals surface area contributed by atoms with E-state index in [4.69, 9.17) is 5.11 Å². The van der Waals surface area contributed by atoms with E-state index in [1.807, 2.05) is 6.08 Å². The third kappa shape index (κ3) is 6.12. The van der Waals surface area contributed by atoms with Crippen LogP contribution in [-0.4, -0.2) is 37.4 Å². The Bertz CT molecular complexity index is 422. The summed E-state index contributed by atoms with van der Waals surface area (Å²) in [5.74, 6) is -0.469. The van der Waals surface area contributed by atoms with E-state index in [9.17, 15) is 9.59 Å². The lowest BCUT2D eigenvalue weighted by atomic mass is 9.98. The zero-order chi connectivity index (χ0) is 15.7. The molecule has 1 atom stereocenters. The van der Waals surface area contributed by atoms with E-state index in [-0.39, 0.29) is 11.9 Å². The van der Waals surface area contributed by atoms with Gasteiger partial charge in [0.15, 0.2) is 0 Å². The normalized spacial score (nSPS) is 21.2. The first kappa shape index (κ1) is 17.4. The molecular weight excluding hydrogens is 272 g/mol. The van der Waals surface area contributed by atoms with Crippen LogP contribution in [0.5, 0.6) is 0 Å². The Balaban J connectivity index is 0.000000211. The first-order valence-electron chi connectivity index (χ1n) is 7.33. The maximum absolute atomic E-state index is 10.9. The van der Waals surface area contributed by atoms with E-state index >= 15 is 0 Å². The monoisotopic (exact) mass is 296 g/mol. The van der Waals surface area contributed by atoms with Crippen LogP contribution < -0.4 is 0 Å². The number of carbonyl (C=O) groups excluding carboxylic acids is 2. The van der Waals surface area contributed by atoms with Gasteiger partial charge < -0.3 is 14.6 Å². The van der Waals surface area contributed by atoms with Crippen molar-refractivity contribution in [3.63, 3.8) is 0 Å². The summed E-state index contributed by atoms with van der Waals surface area (Å²) in [4.78, 5) is 21.8. The van der Waals surface area contributed by atoms with Gasteiger partial charge >= 0.3 is 11.9 Å². The van der Waals surface area contributed by atoms with E-state index in [1.165, 1.54) is 20.6 Å². The Morgan fingerprint density at radius 1 is 1.05 bits per heavy atom. The Morgan fingerprint density at radius 3 is 2.19 bits per heavy atom. The smallest absolute Gasteiger partial charge is 0.333 e. The van der Waals surface area contributed by atoms with Crippen molar-refractivity contribution in [3.8, 4) is 0 Å². The van der Waals surface area contributed by atoms with Gasteiger partial charge in [-0.15, -0.1) is 0 Å². The number of esters is 2. The summed E-state index contributed by atoms with van der Waals surface area (Å²) in [5, 5.41) is 9.14. The minimum atomic E-state index is -0.460. The average molecular weight is 296 g/mol. The Morgan fingerprint density at radius 2 is 1.67 bits per heavy atom. The van der Waals surface area contributed by atoms with Crippen LogP contribution in [0, 0.1) is 0 Å². The topological polar surface area (TPSA) is 72.8 Å². The van der Waals surface area contributed by atoms with Crippen LogP contribution in [0.3, 0.4) is 0 Å². The van der Waals surface area contributed by atoms with E-state index < -0.39 is 6.10 Å². The van der Waals surface area contributed by atoms with Crippen LogP contribution in [0.2, 0.25) is 0 Å². The quantitative estimate of drug-likeness (QED) is 0.791. The first-order valence-corrected chi connectivity index (χ1v) is 7.33. The molecule has 0 aliphatic heterocycles. The highest BCUT2D eigenvalue weighted by Crippen LogP contribution is 2.18. The summed E-state index contributed by atoms with van der Waals surface area (Å²) in [6.45, 7) is 0. The van der Waals surface area contributed by atoms with E-state index in [0.717, 1.165) is 44.1 Å². The number of aliphatic hydroxyl groups excluding tert-OH is 1. The van der Waals surface area contributed by atoms with Crippen molar-refractivity contribution in [1.29, 1.82) is 0 Å². The van der Waals surface area contributed by atoms with Gasteiger partial charge in [0.1, 0.15) is 0 Å². The molecule has 0 aromatic carbocycles. The highest BCUT2D eigenvalue weighted by atomic mass is 16.5. The second kappa shape index (κ2) is 9.34. The predicted molar refractivity (Wildman–Crippen MR) is 78.5 cm³/mol. The van der Waals surface area contributed by atoms with Gasteiger partial charge in [-0.25, -0.2) is 9.59 Å². The standard InChI is InChI=1S/C8H12O3.C8H12O2/c1-11-8(10)6-3-2-4-7(9)5-6;1-10-8(9)7-5-3-2-4-6-7/h5,7,9H,2-4H2,1H3;5H,2-4,6H2,1H3. The van der Waals surface area contributed by atoms with Crippen molar-refractivity contribution >= 4 is 11.9 Å².